The van der Waals surface area contributed by atoms with E-state index in [-0.39, 0.29) is 16.3 Å². The zero-order valence-corrected chi connectivity index (χ0v) is 16.1. The normalized spacial score (nSPS) is 16.4. The predicted molar refractivity (Wildman–Crippen MR) is 102 cm³/mol. The Morgan fingerprint density at radius 1 is 1.03 bits per heavy atom. The molecule has 152 valence electrons. The molecule has 2 heterocycles. The third kappa shape index (κ3) is 3.05. The number of benzene rings is 2. The number of aromatic nitrogens is 1. The van der Waals surface area contributed by atoms with Gasteiger partial charge in [0, 0.05) is 11.9 Å². The fourth-order valence-corrected chi connectivity index (χ4v) is 5.36. The number of alkyl halides is 3. The van der Waals surface area contributed by atoms with Crippen LogP contribution in [0, 0.1) is 0 Å². The van der Waals surface area contributed by atoms with Crippen LogP contribution < -0.4 is 4.31 Å². The van der Waals surface area contributed by atoms with Crippen molar-refractivity contribution in [3.8, 4) is 11.4 Å². The molecule has 1 atom stereocenters. The quantitative estimate of drug-likeness (QED) is 0.656. The van der Waals surface area contributed by atoms with Crippen molar-refractivity contribution in [2.75, 3.05) is 4.31 Å². The van der Waals surface area contributed by atoms with Gasteiger partial charge in [0.1, 0.15) is 5.75 Å². The summed E-state index contributed by atoms with van der Waals surface area (Å²) in [5, 5.41) is 9.48. The van der Waals surface area contributed by atoms with Crippen LogP contribution in [-0.4, -0.2) is 18.1 Å². The molecule has 1 N–H and O–H groups in total. The SMILES string of the molecule is CCC1c2cccn2-c2ccc(C(F)(F)F)cc2N1S(=O)(=O)c1ccc(O)cc1. The van der Waals surface area contributed by atoms with E-state index in [0.29, 0.717) is 17.8 Å². The number of halogens is 3. The minimum Gasteiger partial charge on any atom is -0.508 e. The lowest BCUT2D eigenvalue weighted by atomic mass is 10.0. The van der Waals surface area contributed by atoms with Gasteiger partial charge >= 0.3 is 6.18 Å². The molecular weight excluding hydrogens is 405 g/mol. The number of phenols is 1. The van der Waals surface area contributed by atoms with E-state index in [2.05, 4.69) is 0 Å². The molecule has 0 saturated carbocycles. The molecule has 1 aliphatic heterocycles. The lowest BCUT2D eigenvalue weighted by molar-refractivity contribution is -0.137. The van der Waals surface area contributed by atoms with Crippen LogP contribution in [0.1, 0.15) is 30.6 Å². The van der Waals surface area contributed by atoms with Crippen LogP contribution in [0.5, 0.6) is 5.75 Å². The van der Waals surface area contributed by atoms with Gasteiger partial charge in [0.15, 0.2) is 0 Å². The highest BCUT2D eigenvalue weighted by Crippen LogP contribution is 2.45. The fraction of sp³-hybridized carbons (Fsp3) is 0.200. The maximum atomic E-state index is 13.5. The average molecular weight is 422 g/mol. The van der Waals surface area contributed by atoms with Crippen LogP contribution >= 0.6 is 0 Å². The van der Waals surface area contributed by atoms with E-state index in [0.717, 1.165) is 16.4 Å². The molecule has 4 rings (SSSR count). The minimum atomic E-state index is -4.61. The van der Waals surface area contributed by atoms with Gasteiger partial charge in [-0.3, -0.25) is 4.31 Å². The van der Waals surface area contributed by atoms with Gasteiger partial charge in [0.2, 0.25) is 0 Å². The first-order valence-electron chi connectivity index (χ1n) is 8.87. The molecular formula is C20H17F3N2O3S. The van der Waals surface area contributed by atoms with Crippen LogP contribution in [0.15, 0.2) is 65.7 Å². The molecule has 0 bridgehead atoms. The highest BCUT2D eigenvalue weighted by Gasteiger charge is 2.40. The smallest absolute Gasteiger partial charge is 0.416 e. The Labute approximate surface area is 165 Å². The van der Waals surface area contributed by atoms with Crippen LogP contribution in [0.25, 0.3) is 5.69 Å². The first-order chi connectivity index (χ1) is 13.6. The van der Waals surface area contributed by atoms with Gasteiger partial charge in [-0.05, 0) is 61.0 Å². The second kappa shape index (κ2) is 6.55. The molecule has 0 saturated heterocycles. The maximum absolute atomic E-state index is 13.5. The molecule has 0 amide bonds. The van der Waals surface area contributed by atoms with E-state index in [1.54, 1.807) is 29.8 Å². The molecule has 3 aromatic rings. The van der Waals surface area contributed by atoms with Gasteiger partial charge in [0.05, 0.1) is 27.9 Å². The summed E-state index contributed by atoms with van der Waals surface area (Å²) >= 11 is 0. The summed E-state index contributed by atoms with van der Waals surface area (Å²) in [5.74, 6) is -0.108. The molecule has 2 aromatic carbocycles. The topological polar surface area (TPSA) is 62.5 Å². The van der Waals surface area contributed by atoms with E-state index >= 15 is 0 Å². The number of phenolic OH excluding ortho intramolecular Hbond substituents is 1. The fourth-order valence-electron chi connectivity index (χ4n) is 3.66. The highest BCUT2D eigenvalue weighted by molar-refractivity contribution is 7.92. The summed E-state index contributed by atoms with van der Waals surface area (Å²) in [5.41, 5.74) is 0.0585. The van der Waals surface area contributed by atoms with Gasteiger partial charge in [-0.2, -0.15) is 13.2 Å². The molecule has 0 fully saturated rings. The molecule has 0 radical (unpaired) electrons. The third-order valence-electron chi connectivity index (χ3n) is 4.98. The van der Waals surface area contributed by atoms with Crippen molar-refractivity contribution in [3.63, 3.8) is 0 Å². The zero-order valence-electron chi connectivity index (χ0n) is 15.3. The summed E-state index contributed by atoms with van der Waals surface area (Å²) in [6, 6.07) is 10.8. The Balaban J connectivity index is 1.99. The Bertz CT molecular complexity index is 1170. The number of hydrogen-bond acceptors (Lipinski definition) is 3. The standard InChI is InChI=1S/C20H17F3N2O3S/c1-2-16-17-4-3-11-24(17)18-10-5-13(20(21,22)23)12-19(18)25(16)29(27,28)15-8-6-14(26)7-9-15/h3-12,16,26H,2H2,1H3. The number of fused-ring (bicyclic) bond motifs is 3. The Kier molecular flexibility index (Phi) is 4.38. The van der Waals surface area contributed by atoms with Crippen LogP contribution in [-0.2, 0) is 16.2 Å². The van der Waals surface area contributed by atoms with Crippen molar-refractivity contribution in [3.05, 3.63) is 72.1 Å². The monoisotopic (exact) mass is 422 g/mol. The minimum absolute atomic E-state index is 0.0385. The summed E-state index contributed by atoms with van der Waals surface area (Å²) in [6.07, 6.45) is -2.55. The van der Waals surface area contributed by atoms with Crippen molar-refractivity contribution in [2.45, 2.75) is 30.5 Å². The van der Waals surface area contributed by atoms with E-state index in [1.165, 1.54) is 30.3 Å². The molecule has 9 heteroatoms. The van der Waals surface area contributed by atoms with E-state index in [1.807, 2.05) is 0 Å². The van der Waals surface area contributed by atoms with Crippen molar-refractivity contribution >= 4 is 15.7 Å². The number of nitrogens with zero attached hydrogens (tertiary/aromatic N) is 2. The molecule has 5 nitrogen and oxygen atoms in total. The van der Waals surface area contributed by atoms with E-state index in [9.17, 15) is 26.7 Å². The Morgan fingerprint density at radius 2 is 1.72 bits per heavy atom. The maximum Gasteiger partial charge on any atom is 0.416 e. The number of sulfonamides is 1. The second-order valence-corrected chi connectivity index (χ2v) is 8.54. The summed E-state index contributed by atoms with van der Waals surface area (Å²) in [7, 11) is -4.19. The molecule has 29 heavy (non-hydrogen) atoms. The number of rotatable bonds is 3. The van der Waals surface area contributed by atoms with Gasteiger partial charge in [-0.25, -0.2) is 8.42 Å². The van der Waals surface area contributed by atoms with Crippen LogP contribution in [0.2, 0.25) is 0 Å². The number of anilines is 1. The van der Waals surface area contributed by atoms with E-state index < -0.39 is 27.8 Å². The summed E-state index contributed by atoms with van der Waals surface area (Å²) in [4.78, 5) is -0.114. The summed E-state index contributed by atoms with van der Waals surface area (Å²) in [6.45, 7) is 1.78. The van der Waals surface area contributed by atoms with Crippen molar-refractivity contribution in [1.82, 2.24) is 4.57 Å². The molecule has 0 spiro atoms. The molecule has 1 unspecified atom stereocenters. The average Bonchev–Trinajstić information content (AvgIpc) is 3.15. The highest BCUT2D eigenvalue weighted by atomic mass is 32.2. The first kappa shape index (κ1) is 19.4. The zero-order chi connectivity index (χ0) is 21.0. The Morgan fingerprint density at radius 3 is 2.34 bits per heavy atom. The molecule has 0 aliphatic carbocycles. The van der Waals surface area contributed by atoms with Crippen molar-refractivity contribution in [1.29, 1.82) is 0 Å². The first-order valence-corrected chi connectivity index (χ1v) is 10.3. The molecule has 1 aromatic heterocycles. The lowest BCUT2D eigenvalue weighted by Crippen LogP contribution is -2.39. The van der Waals surface area contributed by atoms with Crippen molar-refractivity contribution < 1.29 is 26.7 Å². The lowest BCUT2D eigenvalue weighted by Gasteiger charge is -2.38. The Hall–Kier alpha value is -2.94. The van der Waals surface area contributed by atoms with Gasteiger partial charge in [-0.15, -0.1) is 0 Å². The molecule has 1 aliphatic rings. The number of hydrogen-bond donors (Lipinski definition) is 1. The van der Waals surface area contributed by atoms with E-state index in [4.69, 9.17) is 0 Å². The van der Waals surface area contributed by atoms with Gasteiger partial charge in [-0.1, -0.05) is 6.92 Å². The van der Waals surface area contributed by atoms with Gasteiger partial charge < -0.3 is 9.67 Å². The van der Waals surface area contributed by atoms with Crippen LogP contribution in [0.4, 0.5) is 18.9 Å². The third-order valence-corrected chi connectivity index (χ3v) is 6.82. The van der Waals surface area contributed by atoms with Crippen molar-refractivity contribution in [2.24, 2.45) is 0 Å². The van der Waals surface area contributed by atoms with Crippen LogP contribution in [0.3, 0.4) is 0 Å². The van der Waals surface area contributed by atoms with Gasteiger partial charge in [0.25, 0.3) is 10.0 Å². The summed E-state index contributed by atoms with van der Waals surface area (Å²) < 4.78 is 69.8. The largest absolute Gasteiger partial charge is 0.508 e. The predicted octanol–water partition coefficient (Wildman–Crippen LogP) is 4.86. The number of aromatic hydroxyl groups is 1. The second-order valence-electron chi connectivity index (χ2n) is 6.72.